The molecule has 24 heavy (non-hydrogen) atoms. The third kappa shape index (κ3) is 3.28. The number of hydrogen-bond donors (Lipinski definition) is 2. The first-order chi connectivity index (χ1) is 11.5. The minimum absolute atomic E-state index is 0.106. The Morgan fingerprint density at radius 2 is 2.08 bits per heavy atom. The maximum Gasteiger partial charge on any atom is 0.262 e. The van der Waals surface area contributed by atoms with Crippen LogP contribution in [-0.4, -0.2) is 18.4 Å². The van der Waals surface area contributed by atoms with E-state index in [1.54, 1.807) is 0 Å². The minimum Gasteiger partial charge on any atom is -0.483 e. The van der Waals surface area contributed by atoms with Gasteiger partial charge in [0.1, 0.15) is 10.8 Å². The summed E-state index contributed by atoms with van der Waals surface area (Å²) in [6, 6.07) is 5.80. The molecule has 5 nitrogen and oxygen atoms in total. The molecule has 0 fully saturated rings. The van der Waals surface area contributed by atoms with E-state index in [2.05, 4.69) is 5.32 Å². The van der Waals surface area contributed by atoms with Crippen LogP contribution in [-0.2, 0) is 17.6 Å². The molecule has 0 unspecified atom stereocenters. The van der Waals surface area contributed by atoms with Gasteiger partial charge in [0.15, 0.2) is 6.61 Å². The van der Waals surface area contributed by atoms with Crippen LogP contribution in [0.1, 0.15) is 38.3 Å². The van der Waals surface area contributed by atoms with Gasteiger partial charge in [-0.05, 0) is 50.3 Å². The van der Waals surface area contributed by atoms with E-state index in [0.717, 1.165) is 40.8 Å². The molecule has 0 saturated heterocycles. The van der Waals surface area contributed by atoms with Crippen LogP contribution >= 0.6 is 11.3 Å². The minimum atomic E-state index is -0.486. The number of carbonyl (C=O) groups is 2. The molecule has 0 aliphatic heterocycles. The largest absolute Gasteiger partial charge is 0.483 e. The van der Waals surface area contributed by atoms with Gasteiger partial charge in [0.2, 0.25) is 0 Å². The molecule has 1 aromatic carbocycles. The van der Waals surface area contributed by atoms with Gasteiger partial charge in [-0.1, -0.05) is 17.7 Å². The predicted octanol–water partition coefficient (Wildman–Crippen LogP) is 2.97. The molecule has 1 aliphatic carbocycles. The summed E-state index contributed by atoms with van der Waals surface area (Å²) in [5, 5.41) is 3.32. The number of fused-ring (bicyclic) bond motifs is 1. The van der Waals surface area contributed by atoms with Crippen molar-refractivity contribution in [1.29, 1.82) is 0 Å². The average molecular weight is 344 g/mol. The molecule has 0 spiro atoms. The lowest BCUT2D eigenvalue weighted by Gasteiger charge is -2.10. The van der Waals surface area contributed by atoms with Crippen LogP contribution in [0, 0.1) is 13.8 Å². The zero-order valence-electron chi connectivity index (χ0n) is 13.8. The number of benzene rings is 1. The molecule has 6 heteroatoms. The van der Waals surface area contributed by atoms with E-state index >= 15 is 0 Å². The third-order valence-corrected chi connectivity index (χ3v) is 5.32. The quantitative estimate of drug-likeness (QED) is 0.875. The van der Waals surface area contributed by atoms with Crippen molar-refractivity contribution in [3.63, 3.8) is 0 Å². The van der Waals surface area contributed by atoms with Gasteiger partial charge in [0.25, 0.3) is 11.8 Å². The zero-order chi connectivity index (χ0) is 17.3. The Bertz CT molecular complexity index is 811. The summed E-state index contributed by atoms with van der Waals surface area (Å²) in [6.45, 7) is 3.84. The van der Waals surface area contributed by atoms with Gasteiger partial charge in [-0.3, -0.25) is 9.59 Å². The lowest BCUT2D eigenvalue weighted by atomic mass is 10.1. The van der Waals surface area contributed by atoms with Gasteiger partial charge >= 0.3 is 0 Å². The lowest BCUT2D eigenvalue weighted by Crippen LogP contribution is -2.22. The van der Waals surface area contributed by atoms with E-state index < -0.39 is 5.91 Å². The fourth-order valence-corrected chi connectivity index (χ4v) is 4.33. The Balaban J connectivity index is 1.68. The highest BCUT2D eigenvalue weighted by molar-refractivity contribution is 7.17. The molecule has 3 rings (SSSR count). The van der Waals surface area contributed by atoms with E-state index in [0.29, 0.717) is 16.3 Å². The molecule has 126 valence electrons. The van der Waals surface area contributed by atoms with Crippen LogP contribution in [0.3, 0.4) is 0 Å². The number of primary amides is 1. The number of hydrogen-bond acceptors (Lipinski definition) is 4. The molecular formula is C18H20N2O3S. The molecule has 2 aromatic rings. The maximum atomic E-state index is 12.2. The average Bonchev–Trinajstić information content (AvgIpc) is 3.06. The first-order valence-electron chi connectivity index (χ1n) is 7.90. The molecule has 0 saturated carbocycles. The van der Waals surface area contributed by atoms with E-state index in [-0.39, 0.29) is 12.5 Å². The van der Waals surface area contributed by atoms with Gasteiger partial charge in [0, 0.05) is 4.88 Å². The highest BCUT2D eigenvalue weighted by Gasteiger charge is 2.26. The Morgan fingerprint density at radius 1 is 1.29 bits per heavy atom. The van der Waals surface area contributed by atoms with Crippen molar-refractivity contribution >= 4 is 28.2 Å². The topological polar surface area (TPSA) is 81.4 Å². The number of anilines is 1. The third-order valence-electron chi connectivity index (χ3n) is 4.11. The first kappa shape index (κ1) is 16.5. The van der Waals surface area contributed by atoms with Gasteiger partial charge < -0.3 is 15.8 Å². The summed E-state index contributed by atoms with van der Waals surface area (Å²) in [6.07, 6.45) is 2.82. The SMILES string of the molecule is Cc1ccc(OCC(=O)Nc2sc3c(c2C(N)=O)CCC3)c(C)c1. The summed E-state index contributed by atoms with van der Waals surface area (Å²) >= 11 is 1.44. The van der Waals surface area contributed by atoms with Crippen LogP contribution in [0.2, 0.25) is 0 Å². The Morgan fingerprint density at radius 3 is 2.79 bits per heavy atom. The predicted molar refractivity (Wildman–Crippen MR) is 94.9 cm³/mol. The Labute approximate surface area is 144 Å². The van der Waals surface area contributed by atoms with Gasteiger partial charge in [-0.25, -0.2) is 0 Å². The second-order valence-electron chi connectivity index (χ2n) is 6.03. The van der Waals surface area contributed by atoms with Crippen molar-refractivity contribution in [3.05, 3.63) is 45.3 Å². The number of thiophene rings is 1. The Hall–Kier alpha value is -2.34. The van der Waals surface area contributed by atoms with E-state index in [9.17, 15) is 9.59 Å². The fourth-order valence-electron chi connectivity index (χ4n) is 3.02. The maximum absolute atomic E-state index is 12.2. The van der Waals surface area contributed by atoms with Crippen molar-refractivity contribution in [2.24, 2.45) is 5.73 Å². The van der Waals surface area contributed by atoms with Crippen molar-refractivity contribution in [3.8, 4) is 5.75 Å². The van der Waals surface area contributed by atoms with Crippen molar-refractivity contribution in [2.45, 2.75) is 33.1 Å². The Kier molecular flexibility index (Phi) is 4.57. The number of nitrogens with two attached hydrogens (primary N) is 1. The molecular weight excluding hydrogens is 324 g/mol. The van der Waals surface area contributed by atoms with Gasteiger partial charge in [-0.15, -0.1) is 11.3 Å². The van der Waals surface area contributed by atoms with Crippen LogP contribution in [0.5, 0.6) is 5.75 Å². The second kappa shape index (κ2) is 6.65. The lowest BCUT2D eigenvalue weighted by molar-refractivity contribution is -0.118. The number of nitrogens with one attached hydrogen (secondary N) is 1. The molecule has 0 bridgehead atoms. The zero-order valence-corrected chi connectivity index (χ0v) is 14.6. The number of carbonyl (C=O) groups excluding carboxylic acids is 2. The number of rotatable bonds is 5. The summed E-state index contributed by atoms with van der Waals surface area (Å²) in [7, 11) is 0. The van der Waals surface area contributed by atoms with Crippen molar-refractivity contribution < 1.29 is 14.3 Å². The number of amides is 2. The molecule has 1 aromatic heterocycles. The molecule has 3 N–H and O–H groups in total. The second-order valence-corrected chi connectivity index (χ2v) is 7.14. The highest BCUT2D eigenvalue weighted by atomic mass is 32.1. The normalized spacial score (nSPS) is 12.8. The monoisotopic (exact) mass is 344 g/mol. The van der Waals surface area contributed by atoms with Crippen molar-refractivity contribution in [2.75, 3.05) is 11.9 Å². The fraction of sp³-hybridized carbons (Fsp3) is 0.333. The standard InChI is InChI=1S/C18H20N2O3S/c1-10-6-7-13(11(2)8-10)23-9-15(21)20-18-16(17(19)22)12-4-3-5-14(12)24-18/h6-8H,3-5,9H2,1-2H3,(H2,19,22)(H,20,21). The number of ether oxygens (including phenoxy) is 1. The van der Waals surface area contributed by atoms with E-state index in [1.165, 1.54) is 11.3 Å². The molecule has 0 atom stereocenters. The molecule has 1 heterocycles. The molecule has 2 amide bonds. The van der Waals surface area contributed by atoms with Crippen molar-refractivity contribution in [1.82, 2.24) is 0 Å². The van der Waals surface area contributed by atoms with E-state index in [4.69, 9.17) is 10.5 Å². The summed E-state index contributed by atoms with van der Waals surface area (Å²) in [5.41, 5.74) is 9.08. The highest BCUT2D eigenvalue weighted by Crippen LogP contribution is 2.38. The van der Waals surface area contributed by atoms with E-state index in [1.807, 2.05) is 32.0 Å². The van der Waals surface area contributed by atoms with Crippen LogP contribution in [0.15, 0.2) is 18.2 Å². The summed E-state index contributed by atoms with van der Waals surface area (Å²) < 4.78 is 5.58. The van der Waals surface area contributed by atoms with Crippen LogP contribution < -0.4 is 15.8 Å². The first-order valence-corrected chi connectivity index (χ1v) is 8.71. The van der Waals surface area contributed by atoms with Gasteiger partial charge in [0.05, 0.1) is 5.56 Å². The molecule has 1 aliphatic rings. The summed E-state index contributed by atoms with van der Waals surface area (Å²) in [4.78, 5) is 25.1. The molecule has 0 radical (unpaired) electrons. The van der Waals surface area contributed by atoms with Crippen LogP contribution in [0.25, 0.3) is 0 Å². The summed E-state index contributed by atoms with van der Waals surface area (Å²) in [5.74, 6) is -0.100. The van der Waals surface area contributed by atoms with Gasteiger partial charge in [-0.2, -0.15) is 0 Å². The smallest absolute Gasteiger partial charge is 0.262 e. The number of aryl methyl sites for hydroxylation is 3. The van der Waals surface area contributed by atoms with Crippen LogP contribution in [0.4, 0.5) is 5.00 Å².